The summed E-state index contributed by atoms with van der Waals surface area (Å²) in [4.78, 5) is 21.1. The molecular formula is C13H17NO4. The van der Waals surface area contributed by atoms with E-state index in [0.717, 1.165) is 12.8 Å². The van der Waals surface area contributed by atoms with E-state index in [1.807, 2.05) is 0 Å². The predicted molar refractivity (Wildman–Crippen MR) is 67.9 cm³/mol. The molecule has 0 saturated heterocycles. The van der Waals surface area contributed by atoms with Gasteiger partial charge in [0, 0.05) is 12.5 Å². The van der Waals surface area contributed by atoms with Crippen molar-refractivity contribution < 1.29 is 14.5 Å². The highest BCUT2D eigenvalue weighted by molar-refractivity contribution is 5.75. The third-order valence-electron chi connectivity index (χ3n) is 2.63. The van der Waals surface area contributed by atoms with Crippen molar-refractivity contribution in [2.45, 2.75) is 33.1 Å². The Balaban J connectivity index is 2.50. The number of ether oxygens (including phenoxy) is 1. The van der Waals surface area contributed by atoms with Crippen LogP contribution in [0.4, 0.5) is 5.69 Å². The molecule has 0 amide bonds. The number of hydrogen-bond donors (Lipinski definition) is 0. The number of Topliss-reactive ketones (excluding diaryl/α,β-unsaturated/α-hetero) is 1. The minimum Gasteiger partial charge on any atom is -0.493 e. The molecule has 5 heteroatoms. The van der Waals surface area contributed by atoms with Gasteiger partial charge in [-0.25, -0.2) is 0 Å². The Kier molecular flexibility index (Phi) is 5.30. The second-order valence-electron chi connectivity index (χ2n) is 4.16. The van der Waals surface area contributed by atoms with Gasteiger partial charge in [-0.1, -0.05) is 6.07 Å². The van der Waals surface area contributed by atoms with Crippen LogP contribution in [0.25, 0.3) is 0 Å². The van der Waals surface area contributed by atoms with Crippen LogP contribution < -0.4 is 4.74 Å². The van der Waals surface area contributed by atoms with Gasteiger partial charge in [0.2, 0.25) is 0 Å². The highest BCUT2D eigenvalue weighted by atomic mass is 16.6. The Bertz CT molecular complexity index is 443. The first-order valence-corrected chi connectivity index (χ1v) is 5.88. The molecule has 0 fully saturated rings. The van der Waals surface area contributed by atoms with Gasteiger partial charge in [-0.3, -0.25) is 10.1 Å². The van der Waals surface area contributed by atoms with E-state index in [9.17, 15) is 14.9 Å². The molecule has 0 saturated carbocycles. The number of rotatable bonds is 7. The average Bonchev–Trinajstić information content (AvgIpc) is 2.30. The SMILES string of the molecule is CC(=O)CCCCOc1cccc([N+](=O)[O-])c1C. The number of unbranched alkanes of at least 4 members (excludes halogenated alkanes) is 1. The number of carbonyl (C=O) groups excluding carboxylic acids is 1. The lowest BCUT2D eigenvalue weighted by atomic mass is 10.2. The molecule has 0 unspecified atom stereocenters. The third-order valence-corrected chi connectivity index (χ3v) is 2.63. The lowest BCUT2D eigenvalue weighted by Gasteiger charge is -2.08. The summed E-state index contributed by atoms with van der Waals surface area (Å²) in [6, 6.07) is 4.78. The number of benzene rings is 1. The molecule has 0 radical (unpaired) electrons. The molecule has 1 aromatic carbocycles. The Morgan fingerprint density at radius 1 is 1.39 bits per heavy atom. The highest BCUT2D eigenvalue weighted by Gasteiger charge is 2.13. The van der Waals surface area contributed by atoms with Crippen LogP contribution in [0.1, 0.15) is 31.7 Å². The lowest BCUT2D eigenvalue weighted by Crippen LogP contribution is -2.01. The zero-order chi connectivity index (χ0) is 13.5. The molecule has 18 heavy (non-hydrogen) atoms. The van der Waals surface area contributed by atoms with Gasteiger partial charge in [0.05, 0.1) is 17.1 Å². The van der Waals surface area contributed by atoms with E-state index in [-0.39, 0.29) is 11.5 Å². The molecule has 1 aromatic rings. The third kappa shape index (κ3) is 4.16. The molecule has 98 valence electrons. The van der Waals surface area contributed by atoms with Gasteiger partial charge in [0.25, 0.3) is 5.69 Å². The second-order valence-corrected chi connectivity index (χ2v) is 4.16. The predicted octanol–water partition coefficient (Wildman–Crippen LogP) is 3.04. The molecule has 1 rings (SSSR count). The van der Waals surface area contributed by atoms with Crippen molar-refractivity contribution >= 4 is 11.5 Å². The molecule has 0 spiro atoms. The summed E-state index contributed by atoms with van der Waals surface area (Å²) in [6.45, 7) is 3.70. The summed E-state index contributed by atoms with van der Waals surface area (Å²) in [6.07, 6.45) is 2.10. The van der Waals surface area contributed by atoms with Gasteiger partial charge < -0.3 is 9.53 Å². The van der Waals surface area contributed by atoms with E-state index >= 15 is 0 Å². The Morgan fingerprint density at radius 3 is 2.72 bits per heavy atom. The molecular weight excluding hydrogens is 234 g/mol. The molecule has 0 bridgehead atoms. The normalized spacial score (nSPS) is 10.1. The number of carbonyl (C=O) groups is 1. The van der Waals surface area contributed by atoms with E-state index in [4.69, 9.17) is 4.74 Å². The maximum Gasteiger partial charge on any atom is 0.276 e. The zero-order valence-corrected chi connectivity index (χ0v) is 10.6. The van der Waals surface area contributed by atoms with Crippen LogP contribution in [0.3, 0.4) is 0 Å². The maximum absolute atomic E-state index is 10.7. The van der Waals surface area contributed by atoms with Crippen LogP contribution in [0.5, 0.6) is 5.75 Å². The molecule has 0 atom stereocenters. The fourth-order valence-electron chi connectivity index (χ4n) is 1.62. The van der Waals surface area contributed by atoms with Crippen molar-refractivity contribution in [2.75, 3.05) is 6.61 Å². The smallest absolute Gasteiger partial charge is 0.276 e. The van der Waals surface area contributed by atoms with Gasteiger partial charge in [0.15, 0.2) is 0 Å². The largest absolute Gasteiger partial charge is 0.493 e. The standard InChI is InChI=1S/C13H17NO4/c1-10(15)6-3-4-9-18-13-8-5-7-12(11(13)2)14(16)17/h5,7-8H,3-4,6,9H2,1-2H3. The van der Waals surface area contributed by atoms with Gasteiger partial charge >= 0.3 is 0 Å². The van der Waals surface area contributed by atoms with E-state index < -0.39 is 4.92 Å². The Morgan fingerprint density at radius 2 is 2.11 bits per heavy atom. The molecule has 0 aliphatic rings. The number of nitrogens with zero attached hydrogens (tertiary/aromatic N) is 1. The summed E-state index contributed by atoms with van der Waals surface area (Å²) < 4.78 is 5.49. The van der Waals surface area contributed by atoms with Crippen molar-refractivity contribution in [3.05, 3.63) is 33.9 Å². The van der Waals surface area contributed by atoms with Crippen LogP contribution in [-0.4, -0.2) is 17.3 Å². The van der Waals surface area contributed by atoms with Gasteiger partial charge in [-0.05, 0) is 32.8 Å². The van der Waals surface area contributed by atoms with Crippen LogP contribution in [0, 0.1) is 17.0 Å². The summed E-state index contributed by atoms with van der Waals surface area (Å²) in [5.41, 5.74) is 0.602. The van der Waals surface area contributed by atoms with E-state index in [1.54, 1.807) is 26.0 Å². The number of hydrogen-bond acceptors (Lipinski definition) is 4. The van der Waals surface area contributed by atoms with Crippen LogP contribution in [0.15, 0.2) is 18.2 Å². The van der Waals surface area contributed by atoms with Crippen LogP contribution >= 0.6 is 0 Å². The fraction of sp³-hybridized carbons (Fsp3) is 0.462. The summed E-state index contributed by atoms with van der Waals surface area (Å²) in [7, 11) is 0. The number of ketones is 1. The number of nitro groups is 1. The van der Waals surface area contributed by atoms with Crippen molar-refractivity contribution in [3.8, 4) is 5.75 Å². The van der Waals surface area contributed by atoms with Crippen molar-refractivity contribution in [2.24, 2.45) is 0 Å². The average molecular weight is 251 g/mol. The van der Waals surface area contributed by atoms with E-state index in [2.05, 4.69) is 0 Å². The van der Waals surface area contributed by atoms with Crippen LogP contribution in [-0.2, 0) is 4.79 Å². The monoisotopic (exact) mass is 251 g/mol. The van der Waals surface area contributed by atoms with Crippen molar-refractivity contribution in [3.63, 3.8) is 0 Å². The fourth-order valence-corrected chi connectivity index (χ4v) is 1.62. The second kappa shape index (κ2) is 6.74. The quantitative estimate of drug-likeness (QED) is 0.424. The van der Waals surface area contributed by atoms with E-state index in [0.29, 0.717) is 24.3 Å². The summed E-state index contributed by atoms with van der Waals surface area (Å²) in [5.74, 6) is 0.702. The first-order chi connectivity index (χ1) is 8.52. The molecule has 0 heterocycles. The number of nitro benzene ring substituents is 1. The van der Waals surface area contributed by atoms with Gasteiger partial charge in [-0.2, -0.15) is 0 Å². The van der Waals surface area contributed by atoms with Crippen molar-refractivity contribution in [1.29, 1.82) is 0 Å². The van der Waals surface area contributed by atoms with Crippen LogP contribution in [0.2, 0.25) is 0 Å². The molecule has 0 N–H and O–H groups in total. The van der Waals surface area contributed by atoms with Gasteiger partial charge in [0.1, 0.15) is 11.5 Å². The maximum atomic E-state index is 10.7. The lowest BCUT2D eigenvalue weighted by molar-refractivity contribution is -0.385. The molecule has 0 aliphatic carbocycles. The van der Waals surface area contributed by atoms with Gasteiger partial charge in [-0.15, -0.1) is 0 Å². The van der Waals surface area contributed by atoms with E-state index in [1.165, 1.54) is 6.07 Å². The minimum absolute atomic E-state index is 0.0660. The van der Waals surface area contributed by atoms with Crippen molar-refractivity contribution in [1.82, 2.24) is 0 Å². The highest BCUT2D eigenvalue weighted by Crippen LogP contribution is 2.27. The topological polar surface area (TPSA) is 69.4 Å². The Hall–Kier alpha value is -1.91. The minimum atomic E-state index is -0.419. The first-order valence-electron chi connectivity index (χ1n) is 5.88. The Labute approximate surface area is 106 Å². The molecule has 0 aliphatic heterocycles. The molecule has 5 nitrogen and oxygen atoms in total. The molecule has 0 aromatic heterocycles. The summed E-state index contributed by atoms with van der Waals surface area (Å²) in [5, 5.41) is 10.7. The first kappa shape index (κ1) is 14.2. The zero-order valence-electron chi connectivity index (χ0n) is 10.6. The summed E-state index contributed by atoms with van der Waals surface area (Å²) >= 11 is 0.